The van der Waals surface area contributed by atoms with Crippen molar-refractivity contribution < 1.29 is 5.11 Å². The summed E-state index contributed by atoms with van der Waals surface area (Å²) in [4.78, 5) is 16.2. The Kier molecular flexibility index (Phi) is 4.88. The molecule has 2 rings (SSSR count). The molecule has 0 unspecified atom stereocenters. The number of aromatic nitrogens is 2. The first kappa shape index (κ1) is 15.1. The topological polar surface area (TPSA) is 55.1 Å². The molecule has 0 saturated carbocycles. The molecule has 1 heterocycles. The number of thioether (sulfide) groups is 1. The molecule has 20 heavy (non-hydrogen) atoms. The predicted octanol–water partition coefficient (Wildman–Crippen LogP) is 3.45. The molecule has 0 saturated heterocycles. The lowest BCUT2D eigenvalue weighted by Gasteiger charge is -2.12. The van der Waals surface area contributed by atoms with Gasteiger partial charge in [-0.2, -0.15) is 4.98 Å². The first-order valence-electron chi connectivity index (χ1n) is 6.19. The van der Waals surface area contributed by atoms with Gasteiger partial charge in [-0.1, -0.05) is 41.5 Å². The Labute approximate surface area is 130 Å². The van der Waals surface area contributed by atoms with E-state index in [-0.39, 0.29) is 11.4 Å². The van der Waals surface area contributed by atoms with Gasteiger partial charge in [0, 0.05) is 10.2 Å². The van der Waals surface area contributed by atoms with Gasteiger partial charge >= 0.3 is 0 Å². The van der Waals surface area contributed by atoms with Crippen LogP contribution in [0.4, 0.5) is 0 Å². The van der Waals surface area contributed by atoms with Gasteiger partial charge in [-0.3, -0.25) is 9.36 Å². The van der Waals surface area contributed by atoms with Gasteiger partial charge in [-0.15, -0.1) is 0 Å². The summed E-state index contributed by atoms with van der Waals surface area (Å²) >= 11 is 4.83. The number of hydrogen-bond donors (Lipinski definition) is 1. The molecule has 6 heteroatoms. The summed E-state index contributed by atoms with van der Waals surface area (Å²) in [7, 11) is 0. The van der Waals surface area contributed by atoms with Crippen molar-refractivity contribution in [2.24, 2.45) is 5.92 Å². The molecule has 0 fully saturated rings. The van der Waals surface area contributed by atoms with Crippen molar-refractivity contribution >= 4 is 27.7 Å². The van der Waals surface area contributed by atoms with E-state index >= 15 is 0 Å². The lowest BCUT2D eigenvalue weighted by Crippen LogP contribution is -2.20. The average Bonchev–Trinajstić information content (AvgIpc) is 2.37. The molecule has 0 aliphatic carbocycles. The highest BCUT2D eigenvalue weighted by atomic mass is 79.9. The Balaban J connectivity index is 2.49. The minimum absolute atomic E-state index is 0.241. The highest BCUT2D eigenvalue weighted by Crippen LogP contribution is 2.23. The quantitative estimate of drug-likeness (QED) is 0.674. The molecule has 0 spiro atoms. The lowest BCUT2D eigenvalue weighted by atomic mass is 10.3. The van der Waals surface area contributed by atoms with Crippen molar-refractivity contribution in [2.45, 2.75) is 19.0 Å². The predicted molar refractivity (Wildman–Crippen MR) is 84.8 cm³/mol. The molecule has 0 atom stereocenters. The molecule has 0 aliphatic rings. The fourth-order valence-corrected chi connectivity index (χ4v) is 2.84. The Morgan fingerprint density at radius 3 is 2.60 bits per heavy atom. The van der Waals surface area contributed by atoms with Gasteiger partial charge in [0.2, 0.25) is 5.88 Å². The Bertz CT molecular complexity index is 653. The Hall–Kier alpha value is -1.27. The van der Waals surface area contributed by atoms with Crippen molar-refractivity contribution in [3.05, 3.63) is 45.2 Å². The molecule has 1 aromatic carbocycles. The third-order valence-corrected chi connectivity index (χ3v) is 4.40. The molecule has 1 aromatic heterocycles. The van der Waals surface area contributed by atoms with Gasteiger partial charge in [0.05, 0.1) is 11.8 Å². The molecule has 1 N–H and O–H groups in total. The monoisotopic (exact) mass is 354 g/mol. The minimum Gasteiger partial charge on any atom is -0.493 e. The van der Waals surface area contributed by atoms with Crippen LogP contribution >= 0.6 is 27.7 Å². The van der Waals surface area contributed by atoms with Crippen LogP contribution in [0.25, 0.3) is 5.69 Å². The van der Waals surface area contributed by atoms with E-state index in [4.69, 9.17) is 0 Å². The van der Waals surface area contributed by atoms with Crippen molar-refractivity contribution in [1.82, 2.24) is 9.55 Å². The van der Waals surface area contributed by atoms with E-state index in [1.165, 1.54) is 16.3 Å². The standard InChI is InChI=1S/C14H15BrN2O2S/c1-9(2)8-20-14-16-12(18)7-13(19)17(14)11-5-3-10(15)4-6-11/h3-7,9,18H,8H2,1-2H3. The number of rotatable bonds is 4. The summed E-state index contributed by atoms with van der Waals surface area (Å²) in [6, 6.07) is 8.53. The third-order valence-electron chi connectivity index (χ3n) is 2.51. The Morgan fingerprint density at radius 1 is 1.35 bits per heavy atom. The maximum atomic E-state index is 12.1. The Morgan fingerprint density at radius 2 is 2.00 bits per heavy atom. The summed E-state index contributed by atoms with van der Waals surface area (Å²) in [5, 5.41) is 10.0. The summed E-state index contributed by atoms with van der Waals surface area (Å²) in [6.07, 6.45) is 0. The van der Waals surface area contributed by atoms with Crippen molar-refractivity contribution in [1.29, 1.82) is 0 Å². The van der Waals surface area contributed by atoms with E-state index < -0.39 is 0 Å². The summed E-state index contributed by atoms with van der Waals surface area (Å²) in [5.74, 6) is 1.05. The van der Waals surface area contributed by atoms with Gasteiger partial charge in [0.1, 0.15) is 0 Å². The van der Waals surface area contributed by atoms with E-state index in [2.05, 4.69) is 34.8 Å². The molecule has 4 nitrogen and oxygen atoms in total. The summed E-state index contributed by atoms with van der Waals surface area (Å²) in [6.45, 7) is 4.19. The van der Waals surface area contributed by atoms with Crippen LogP contribution in [0.5, 0.6) is 5.88 Å². The zero-order valence-corrected chi connectivity index (χ0v) is 13.6. The second-order valence-corrected chi connectivity index (χ2v) is 6.65. The lowest BCUT2D eigenvalue weighted by molar-refractivity contribution is 0.440. The molecular weight excluding hydrogens is 340 g/mol. The SMILES string of the molecule is CC(C)CSc1nc(O)cc(=O)n1-c1ccc(Br)cc1. The first-order valence-corrected chi connectivity index (χ1v) is 7.97. The number of hydrogen-bond acceptors (Lipinski definition) is 4. The third kappa shape index (κ3) is 3.64. The maximum absolute atomic E-state index is 12.1. The van der Waals surface area contributed by atoms with E-state index in [0.717, 1.165) is 22.0 Å². The van der Waals surface area contributed by atoms with E-state index in [1.807, 2.05) is 24.3 Å². The second-order valence-electron chi connectivity index (χ2n) is 4.75. The van der Waals surface area contributed by atoms with Crippen LogP contribution in [0, 0.1) is 5.92 Å². The number of halogens is 1. The van der Waals surface area contributed by atoms with Gasteiger partial charge < -0.3 is 5.11 Å². The smallest absolute Gasteiger partial charge is 0.262 e. The van der Waals surface area contributed by atoms with E-state index in [1.54, 1.807) is 0 Å². The highest BCUT2D eigenvalue weighted by molar-refractivity contribution is 9.10. The molecule has 0 aliphatic heterocycles. The van der Waals surface area contributed by atoms with Crippen LogP contribution in [0.1, 0.15) is 13.8 Å². The van der Waals surface area contributed by atoms with Crippen LogP contribution in [0.2, 0.25) is 0 Å². The highest BCUT2D eigenvalue weighted by Gasteiger charge is 2.11. The van der Waals surface area contributed by atoms with Crippen LogP contribution in [0.3, 0.4) is 0 Å². The van der Waals surface area contributed by atoms with Gasteiger partial charge in [0.25, 0.3) is 5.56 Å². The summed E-state index contributed by atoms with van der Waals surface area (Å²) in [5.41, 5.74) is 0.447. The average molecular weight is 355 g/mol. The van der Waals surface area contributed by atoms with Crippen LogP contribution < -0.4 is 5.56 Å². The van der Waals surface area contributed by atoms with Crippen molar-refractivity contribution in [2.75, 3.05) is 5.75 Å². The van der Waals surface area contributed by atoms with Crippen LogP contribution in [0.15, 0.2) is 44.8 Å². The molecule has 0 radical (unpaired) electrons. The molecule has 0 amide bonds. The van der Waals surface area contributed by atoms with Gasteiger partial charge in [0.15, 0.2) is 5.16 Å². The minimum atomic E-state index is -0.286. The second kappa shape index (κ2) is 6.45. The molecule has 0 bridgehead atoms. The van der Waals surface area contributed by atoms with Crippen LogP contribution in [-0.2, 0) is 0 Å². The molecular formula is C14H15BrN2O2S. The van der Waals surface area contributed by atoms with Crippen molar-refractivity contribution in [3.8, 4) is 11.6 Å². The zero-order chi connectivity index (χ0) is 14.7. The molecule has 106 valence electrons. The number of benzene rings is 1. The first-order chi connectivity index (χ1) is 9.47. The van der Waals surface area contributed by atoms with Crippen molar-refractivity contribution in [3.63, 3.8) is 0 Å². The van der Waals surface area contributed by atoms with Gasteiger partial charge in [-0.25, -0.2) is 0 Å². The van der Waals surface area contributed by atoms with Crippen LogP contribution in [-0.4, -0.2) is 20.4 Å². The van der Waals surface area contributed by atoms with E-state index in [9.17, 15) is 9.90 Å². The molecule has 2 aromatic rings. The van der Waals surface area contributed by atoms with Gasteiger partial charge in [-0.05, 0) is 30.2 Å². The largest absolute Gasteiger partial charge is 0.493 e. The van der Waals surface area contributed by atoms with E-state index in [0.29, 0.717) is 11.1 Å². The fourth-order valence-electron chi connectivity index (χ4n) is 1.62. The summed E-state index contributed by atoms with van der Waals surface area (Å²) < 4.78 is 2.46. The normalized spacial score (nSPS) is 11.0. The maximum Gasteiger partial charge on any atom is 0.262 e. The number of aromatic hydroxyl groups is 1. The number of nitrogens with zero attached hydrogens (tertiary/aromatic N) is 2. The zero-order valence-electron chi connectivity index (χ0n) is 11.2. The fraction of sp³-hybridized carbons (Fsp3) is 0.286.